The fourth-order valence-electron chi connectivity index (χ4n) is 4.25. The van der Waals surface area contributed by atoms with Gasteiger partial charge in [-0.3, -0.25) is 4.90 Å². The molecule has 0 aromatic rings. The topological polar surface area (TPSA) is 24.5 Å². The van der Waals surface area contributed by atoms with E-state index in [1.165, 1.54) is 71.0 Å². The first-order valence-electron chi connectivity index (χ1n) is 8.64. The molecule has 0 amide bonds. The minimum atomic E-state index is 0.0853. The Kier molecular flexibility index (Phi) is 4.40. The van der Waals surface area contributed by atoms with Gasteiger partial charge in [-0.2, -0.15) is 0 Å². The van der Waals surface area contributed by atoms with Crippen molar-refractivity contribution >= 4 is 0 Å². The van der Waals surface area contributed by atoms with Crippen LogP contribution in [-0.2, 0) is 4.74 Å². The van der Waals surface area contributed by atoms with Gasteiger partial charge in [0.2, 0.25) is 0 Å². The van der Waals surface area contributed by atoms with Crippen molar-refractivity contribution in [2.75, 3.05) is 33.3 Å². The number of ether oxygens (including phenoxy) is 1. The van der Waals surface area contributed by atoms with Crippen LogP contribution < -0.4 is 5.32 Å². The van der Waals surface area contributed by atoms with E-state index in [1.807, 2.05) is 7.11 Å². The van der Waals surface area contributed by atoms with Crippen molar-refractivity contribution in [3.63, 3.8) is 0 Å². The zero-order valence-corrected chi connectivity index (χ0v) is 13.4. The molecule has 0 aromatic carbocycles. The van der Waals surface area contributed by atoms with Crippen LogP contribution in [0.25, 0.3) is 0 Å². The summed E-state index contributed by atoms with van der Waals surface area (Å²) in [6, 6.07) is 0.845. The summed E-state index contributed by atoms with van der Waals surface area (Å²) in [5.74, 6) is 0. The first kappa shape index (κ1) is 14.8. The molecule has 1 N–H and O–H groups in total. The summed E-state index contributed by atoms with van der Waals surface area (Å²) >= 11 is 0. The molecule has 3 aliphatic rings. The maximum Gasteiger partial charge on any atom is 0.0777 e. The Bertz CT molecular complexity index is 323. The van der Waals surface area contributed by atoms with Crippen LogP contribution in [0.3, 0.4) is 0 Å². The Hall–Kier alpha value is -0.120. The molecule has 0 spiro atoms. The molecule has 3 fully saturated rings. The first-order valence-corrected chi connectivity index (χ1v) is 8.64. The molecule has 0 radical (unpaired) electrons. The van der Waals surface area contributed by atoms with Crippen molar-refractivity contribution in [1.29, 1.82) is 0 Å². The van der Waals surface area contributed by atoms with Crippen LogP contribution in [0, 0.1) is 5.41 Å². The highest BCUT2D eigenvalue weighted by molar-refractivity contribution is 4.95. The second-order valence-electron chi connectivity index (χ2n) is 7.83. The number of hydrogen-bond acceptors (Lipinski definition) is 3. The maximum atomic E-state index is 5.76. The van der Waals surface area contributed by atoms with Crippen molar-refractivity contribution in [3.05, 3.63) is 0 Å². The van der Waals surface area contributed by atoms with Crippen LogP contribution in [0.15, 0.2) is 0 Å². The molecule has 1 atom stereocenters. The van der Waals surface area contributed by atoms with Crippen molar-refractivity contribution in [1.82, 2.24) is 10.2 Å². The van der Waals surface area contributed by atoms with Gasteiger partial charge >= 0.3 is 0 Å². The quantitative estimate of drug-likeness (QED) is 0.810. The summed E-state index contributed by atoms with van der Waals surface area (Å²) in [5, 5.41) is 3.81. The summed E-state index contributed by atoms with van der Waals surface area (Å²) < 4.78 is 5.76. The molecule has 1 saturated heterocycles. The van der Waals surface area contributed by atoms with E-state index in [4.69, 9.17) is 4.74 Å². The normalized spacial score (nSPS) is 34.5. The predicted octanol–water partition coefficient (Wildman–Crippen LogP) is 2.80. The van der Waals surface area contributed by atoms with Gasteiger partial charge in [-0.05, 0) is 57.4 Å². The average molecular weight is 280 g/mol. The lowest BCUT2D eigenvalue weighted by molar-refractivity contribution is -0.0591. The molecule has 3 heteroatoms. The largest absolute Gasteiger partial charge is 0.377 e. The number of likely N-dealkylation sites (tertiary alicyclic amines) is 1. The van der Waals surface area contributed by atoms with Gasteiger partial charge in [0.15, 0.2) is 0 Å². The lowest BCUT2D eigenvalue weighted by atomic mass is 9.83. The van der Waals surface area contributed by atoms with E-state index in [0.29, 0.717) is 5.41 Å². The van der Waals surface area contributed by atoms with Crippen LogP contribution >= 0.6 is 0 Å². The molecular weight excluding hydrogens is 248 g/mol. The van der Waals surface area contributed by atoms with Crippen LogP contribution in [0.5, 0.6) is 0 Å². The first-order chi connectivity index (χ1) is 9.63. The molecule has 2 aliphatic carbocycles. The Morgan fingerprint density at radius 1 is 1.15 bits per heavy atom. The lowest BCUT2D eigenvalue weighted by Gasteiger charge is -2.43. The van der Waals surface area contributed by atoms with Crippen molar-refractivity contribution in [2.24, 2.45) is 5.41 Å². The van der Waals surface area contributed by atoms with E-state index in [0.717, 1.165) is 12.6 Å². The highest BCUT2D eigenvalue weighted by atomic mass is 16.5. The second kappa shape index (κ2) is 5.94. The Morgan fingerprint density at radius 2 is 1.90 bits per heavy atom. The molecule has 3 nitrogen and oxygen atoms in total. The molecule has 1 unspecified atom stereocenters. The average Bonchev–Trinajstić information content (AvgIpc) is 3.17. The van der Waals surface area contributed by atoms with E-state index in [-0.39, 0.29) is 5.60 Å². The predicted molar refractivity (Wildman–Crippen MR) is 83.0 cm³/mol. The zero-order valence-electron chi connectivity index (χ0n) is 13.4. The molecule has 3 rings (SSSR count). The van der Waals surface area contributed by atoms with E-state index >= 15 is 0 Å². The van der Waals surface area contributed by atoms with E-state index in [1.54, 1.807) is 0 Å². The second-order valence-corrected chi connectivity index (χ2v) is 7.83. The van der Waals surface area contributed by atoms with Gasteiger partial charge in [0.1, 0.15) is 0 Å². The highest BCUT2D eigenvalue weighted by Gasteiger charge is 2.39. The van der Waals surface area contributed by atoms with Crippen molar-refractivity contribution < 1.29 is 4.74 Å². The number of nitrogens with one attached hydrogen (secondary N) is 1. The van der Waals surface area contributed by atoms with E-state index < -0.39 is 0 Å². The number of methoxy groups -OCH3 is 1. The van der Waals surface area contributed by atoms with Gasteiger partial charge in [0, 0.05) is 32.8 Å². The molecule has 0 aromatic heterocycles. The fourth-order valence-corrected chi connectivity index (χ4v) is 4.25. The molecule has 1 aliphatic heterocycles. The number of rotatable bonds is 6. The molecule has 1 heterocycles. The Labute approximate surface area is 124 Å². The SMILES string of the molecule is COC1(C)CCCN(CC2(CNC3CC3)CCCC2)C1. The van der Waals surface area contributed by atoms with Crippen LogP contribution in [0.1, 0.15) is 58.3 Å². The molecule has 116 valence electrons. The van der Waals surface area contributed by atoms with Crippen LogP contribution in [0.2, 0.25) is 0 Å². The molecule has 2 saturated carbocycles. The Morgan fingerprint density at radius 3 is 2.55 bits per heavy atom. The summed E-state index contributed by atoms with van der Waals surface area (Å²) in [7, 11) is 1.88. The van der Waals surface area contributed by atoms with Gasteiger partial charge in [-0.1, -0.05) is 12.8 Å². The Balaban J connectivity index is 1.57. The van der Waals surface area contributed by atoms with Crippen LogP contribution in [-0.4, -0.2) is 49.8 Å². The van der Waals surface area contributed by atoms with E-state index in [9.17, 15) is 0 Å². The number of hydrogen-bond donors (Lipinski definition) is 1. The van der Waals surface area contributed by atoms with E-state index in [2.05, 4.69) is 17.1 Å². The smallest absolute Gasteiger partial charge is 0.0777 e. The fraction of sp³-hybridized carbons (Fsp3) is 1.00. The monoisotopic (exact) mass is 280 g/mol. The number of nitrogens with zero attached hydrogens (tertiary/aromatic N) is 1. The highest BCUT2D eigenvalue weighted by Crippen LogP contribution is 2.40. The van der Waals surface area contributed by atoms with Gasteiger partial charge in [-0.15, -0.1) is 0 Å². The van der Waals surface area contributed by atoms with Crippen molar-refractivity contribution in [2.45, 2.75) is 69.9 Å². The summed E-state index contributed by atoms with van der Waals surface area (Å²) in [4.78, 5) is 2.69. The lowest BCUT2D eigenvalue weighted by Crippen LogP contribution is -2.52. The zero-order chi connectivity index (χ0) is 14.1. The third kappa shape index (κ3) is 3.55. The maximum absolute atomic E-state index is 5.76. The van der Waals surface area contributed by atoms with Gasteiger partial charge < -0.3 is 10.1 Å². The van der Waals surface area contributed by atoms with Crippen LogP contribution in [0.4, 0.5) is 0 Å². The van der Waals surface area contributed by atoms with Crippen molar-refractivity contribution in [3.8, 4) is 0 Å². The summed E-state index contributed by atoms with van der Waals surface area (Å²) in [5.41, 5.74) is 0.635. The summed E-state index contributed by atoms with van der Waals surface area (Å²) in [6.07, 6.45) is 11.0. The van der Waals surface area contributed by atoms with Gasteiger partial charge in [0.05, 0.1) is 5.60 Å². The van der Waals surface area contributed by atoms with Gasteiger partial charge in [-0.25, -0.2) is 0 Å². The standard InChI is InChI=1S/C17H32N2O/c1-16(20-2)8-5-11-19(13-16)14-17(9-3-4-10-17)12-18-15-6-7-15/h15,18H,3-14H2,1-2H3. The van der Waals surface area contributed by atoms with Gasteiger partial charge in [0.25, 0.3) is 0 Å². The number of piperidine rings is 1. The minimum Gasteiger partial charge on any atom is -0.377 e. The molecule has 20 heavy (non-hydrogen) atoms. The molecule has 0 bridgehead atoms. The minimum absolute atomic E-state index is 0.0853. The summed E-state index contributed by atoms with van der Waals surface area (Å²) in [6.45, 7) is 7.20. The molecular formula is C17H32N2O. The third-order valence-corrected chi connectivity index (χ3v) is 5.80. The third-order valence-electron chi connectivity index (χ3n) is 5.80.